The first-order chi connectivity index (χ1) is 29.7. The molecule has 12 aromatic rings. The number of pyridine rings is 1. The second kappa shape index (κ2) is 13.8. The predicted octanol–water partition coefficient (Wildman–Crippen LogP) is 14.8. The Morgan fingerprint density at radius 3 is 1.63 bits per heavy atom. The molecule has 0 spiro atoms. The van der Waals surface area contributed by atoms with Crippen molar-refractivity contribution in [2.45, 2.75) is 0 Å². The number of rotatable bonds is 6. The molecular formula is C55H33N3O2. The van der Waals surface area contributed by atoms with Crippen LogP contribution < -0.4 is 0 Å². The maximum atomic E-state index is 6.73. The average Bonchev–Trinajstić information content (AvgIpc) is 3.91. The van der Waals surface area contributed by atoms with E-state index in [1.807, 2.05) is 54.6 Å². The lowest BCUT2D eigenvalue weighted by atomic mass is 9.94. The van der Waals surface area contributed by atoms with Crippen LogP contribution in [0, 0.1) is 0 Å². The van der Waals surface area contributed by atoms with Gasteiger partial charge in [-0.05, 0) is 76.9 Å². The van der Waals surface area contributed by atoms with Crippen molar-refractivity contribution in [2.75, 3.05) is 0 Å². The largest absolute Gasteiger partial charge is 0.456 e. The van der Waals surface area contributed by atoms with Crippen LogP contribution in [0.25, 0.3) is 122 Å². The first kappa shape index (κ1) is 33.9. The summed E-state index contributed by atoms with van der Waals surface area (Å²) < 4.78 is 13.0. The van der Waals surface area contributed by atoms with E-state index in [2.05, 4.69) is 146 Å². The molecule has 5 heteroatoms. The molecule has 12 rings (SSSR count). The highest BCUT2D eigenvalue weighted by Gasteiger charge is 2.20. The summed E-state index contributed by atoms with van der Waals surface area (Å²) in [5.74, 6) is 0.650. The number of hydrogen-bond donors (Lipinski definition) is 0. The van der Waals surface area contributed by atoms with Gasteiger partial charge in [0, 0.05) is 49.2 Å². The maximum Gasteiger partial charge on any atom is 0.162 e. The number of furan rings is 2. The smallest absolute Gasteiger partial charge is 0.162 e. The highest BCUT2D eigenvalue weighted by atomic mass is 16.3. The van der Waals surface area contributed by atoms with E-state index >= 15 is 0 Å². The summed E-state index contributed by atoms with van der Waals surface area (Å²) in [6.07, 6.45) is 0. The lowest BCUT2D eigenvalue weighted by molar-refractivity contribution is 0.668. The molecule has 0 unspecified atom stereocenters. The summed E-state index contributed by atoms with van der Waals surface area (Å²) in [7, 11) is 0. The molecule has 5 nitrogen and oxygen atoms in total. The van der Waals surface area contributed by atoms with Gasteiger partial charge in [-0.3, -0.25) is 0 Å². The van der Waals surface area contributed by atoms with E-state index < -0.39 is 0 Å². The average molecular weight is 768 g/mol. The molecule has 0 amide bonds. The summed E-state index contributed by atoms with van der Waals surface area (Å²) in [6.45, 7) is 0. The van der Waals surface area contributed by atoms with Crippen LogP contribution in [0.5, 0.6) is 0 Å². The van der Waals surface area contributed by atoms with E-state index in [0.29, 0.717) is 5.82 Å². The summed E-state index contributed by atoms with van der Waals surface area (Å²) in [5.41, 5.74) is 14.8. The van der Waals surface area contributed by atoms with Crippen molar-refractivity contribution in [3.05, 3.63) is 200 Å². The molecule has 0 saturated heterocycles. The van der Waals surface area contributed by atoms with Crippen molar-refractivity contribution < 1.29 is 8.83 Å². The van der Waals surface area contributed by atoms with Crippen molar-refractivity contribution in [1.82, 2.24) is 15.0 Å². The molecule has 0 aliphatic heterocycles. The molecule has 4 heterocycles. The van der Waals surface area contributed by atoms with Crippen LogP contribution in [0.4, 0.5) is 0 Å². The minimum atomic E-state index is 0.650. The molecule has 0 aliphatic rings. The minimum absolute atomic E-state index is 0.650. The summed E-state index contributed by atoms with van der Waals surface area (Å²) in [4.78, 5) is 15.8. The molecule has 0 aliphatic carbocycles. The van der Waals surface area contributed by atoms with Crippen LogP contribution in [0.15, 0.2) is 209 Å². The first-order valence-electron chi connectivity index (χ1n) is 20.1. The second-order valence-electron chi connectivity index (χ2n) is 15.2. The highest BCUT2D eigenvalue weighted by Crippen LogP contribution is 2.42. The Morgan fingerprint density at radius 2 is 0.850 bits per heavy atom. The van der Waals surface area contributed by atoms with Crippen LogP contribution in [-0.2, 0) is 0 Å². The summed E-state index contributed by atoms with van der Waals surface area (Å²) >= 11 is 0. The highest BCUT2D eigenvalue weighted by molar-refractivity contribution is 6.21. The Morgan fingerprint density at radius 1 is 0.300 bits per heavy atom. The van der Waals surface area contributed by atoms with E-state index in [0.717, 1.165) is 111 Å². The minimum Gasteiger partial charge on any atom is -0.456 e. The number of benzene rings is 8. The van der Waals surface area contributed by atoms with Crippen molar-refractivity contribution in [3.63, 3.8) is 0 Å². The summed E-state index contributed by atoms with van der Waals surface area (Å²) in [6, 6.07) is 69.1. The number of hydrogen-bond acceptors (Lipinski definition) is 5. The Kier molecular flexibility index (Phi) is 7.78. The number of para-hydroxylation sites is 3. The lowest BCUT2D eigenvalue weighted by Crippen LogP contribution is -1.97. The van der Waals surface area contributed by atoms with Gasteiger partial charge in [-0.25, -0.2) is 15.0 Å². The summed E-state index contributed by atoms with van der Waals surface area (Å²) in [5, 5.41) is 5.32. The van der Waals surface area contributed by atoms with Crippen molar-refractivity contribution >= 4 is 54.8 Å². The zero-order valence-electron chi connectivity index (χ0n) is 32.2. The van der Waals surface area contributed by atoms with Crippen molar-refractivity contribution in [1.29, 1.82) is 0 Å². The molecule has 60 heavy (non-hydrogen) atoms. The molecule has 4 aromatic heterocycles. The zero-order chi connectivity index (χ0) is 39.6. The molecule has 0 fully saturated rings. The molecular weight excluding hydrogens is 735 g/mol. The topological polar surface area (TPSA) is 65.0 Å². The molecule has 0 bridgehead atoms. The van der Waals surface area contributed by atoms with Gasteiger partial charge in [-0.1, -0.05) is 146 Å². The third-order valence-electron chi connectivity index (χ3n) is 11.5. The van der Waals surface area contributed by atoms with Crippen LogP contribution in [0.1, 0.15) is 0 Å². The zero-order valence-corrected chi connectivity index (χ0v) is 32.2. The Hall–Kier alpha value is -8.15. The van der Waals surface area contributed by atoms with Gasteiger partial charge < -0.3 is 8.83 Å². The molecule has 280 valence electrons. The van der Waals surface area contributed by atoms with Gasteiger partial charge in [0.15, 0.2) is 11.4 Å². The molecule has 0 radical (unpaired) electrons. The van der Waals surface area contributed by atoms with Crippen LogP contribution in [0.3, 0.4) is 0 Å². The fourth-order valence-corrected chi connectivity index (χ4v) is 8.54. The molecule has 8 aromatic carbocycles. The fourth-order valence-electron chi connectivity index (χ4n) is 8.54. The quantitative estimate of drug-likeness (QED) is 0.169. The maximum absolute atomic E-state index is 6.73. The van der Waals surface area contributed by atoms with E-state index in [4.69, 9.17) is 23.8 Å². The van der Waals surface area contributed by atoms with E-state index in [1.54, 1.807) is 0 Å². The molecule has 0 saturated carbocycles. The van der Waals surface area contributed by atoms with Gasteiger partial charge >= 0.3 is 0 Å². The normalized spacial score (nSPS) is 11.7. The van der Waals surface area contributed by atoms with Crippen molar-refractivity contribution in [2.24, 2.45) is 0 Å². The van der Waals surface area contributed by atoms with Crippen molar-refractivity contribution in [3.8, 4) is 67.4 Å². The third-order valence-corrected chi connectivity index (χ3v) is 11.5. The van der Waals surface area contributed by atoms with E-state index in [1.165, 1.54) is 5.56 Å². The first-order valence-corrected chi connectivity index (χ1v) is 20.1. The SMILES string of the molecule is c1ccc(-c2ccc(-c3cc(-c4cc(-c5ccc6oc7ccccc7c6c5)cc(-c5nc6ccccc6c6c5oc5ccccc56)c4)nc(-c4ccccc4)n3)cc2)cc1. The Labute approximate surface area is 344 Å². The van der Waals surface area contributed by atoms with Crippen LogP contribution >= 0.6 is 0 Å². The monoisotopic (exact) mass is 767 g/mol. The molecule has 0 N–H and O–H groups in total. The number of aromatic nitrogens is 3. The Bertz CT molecular complexity index is 3590. The van der Waals surface area contributed by atoms with Crippen LogP contribution in [-0.4, -0.2) is 15.0 Å². The van der Waals surface area contributed by atoms with Gasteiger partial charge in [-0.2, -0.15) is 0 Å². The standard InChI is InChI=1S/C55H33N3O2/c1-3-13-34(14-4-1)35-23-25-36(26-24-35)47-33-48(58-55(57-47)37-15-5-2-6-16-37)40-29-39(38-27-28-51-45(32-38)42-17-8-11-21-49(42)59-51)30-41(31-40)53-54-52(43-18-7-10-20-46(43)56-53)44-19-9-12-22-50(44)60-54/h1-33H. The van der Waals surface area contributed by atoms with E-state index in [-0.39, 0.29) is 0 Å². The third kappa shape index (κ3) is 5.75. The van der Waals surface area contributed by atoms with Gasteiger partial charge in [0.1, 0.15) is 22.4 Å². The Balaban J connectivity index is 1.11. The van der Waals surface area contributed by atoms with Gasteiger partial charge in [0.2, 0.25) is 0 Å². The number of nitrogens with zero attached hydrogens (tertiary/aromatic N) is 3. The fraction of sp³-hybridized carbons (Fsp3) is 0. The van der Waals surface area contributed by atoms with Gasteiger partial charge in [0.05, 0.1) is 16.9 Å². The van der Waals surface area contributed by atoms with E-state index in [9.17, 15) is 0 Å². The van der Waals surface area contributed by atoms with Crippen LogP contribution in [0.2, 0.25) is 0 Å². The second-order valence-corrected chi connectivity index (χ2v) is 15.2. The predicted molar refractivity (Wildman–Crippen MR) is 245 cm³/mol. The van der Waals surface area contributed by atoms with Gasteiger partial charge in [0.25, 0.3) is 0 Å². The lowest BCUT2D eigenvalue weighted by Gasteiger charge is -2.14. The number of fused-ring (bicyclic) bond motifs is 8. The molecule has 0 atom stereocenters. The van der Waals surface area contributed by atoms with Gasteiger partial charge in [-0.15, -0.1) is 0 Å².